The first-order chi connectivity index (χ1) is 12.1. The number of allylic oxidation sites excluding steroid dienone is 2. The third-order valence-electron chi connectivity index (χ3n) is 4.41. The monoisotopic (exact) mass is 376 g/mol. The van der Waals surface area contributed by atoms with Crippen LogP contribution in [-0.4, -0.2) is 52.6 Å². The van der Waals surface area contributed by atoms with E-state index in [0.29, 0.717) is 6.42 Å². The van der Waals surface area contributed by atoms with Crippen LogP contribution in [0.3, 0.4) is 0 Å². The molecule has 0 aromatic rings. The molecule has 0 spiro atoms. The van der Waals surface area contributed by atoms with Gasteiger partial charge in [-0.05, 0) is 39.0 Å². The summed E-state index contributed by atoms with van der Waals surface area (Å²) in [7, 11) is 0. The quantitative estimate of drug-likeness (QED) is 0.207. The first-order valence-corrected chi connectivity index (χ1v) is 10.2. The molecule has 5 heteroatoms. The van der Waals surface area contributed by atoms with E-state index in [1.165, 1.54) is 64.7 Å². The van der Waals surface area contributed by atoms with E-state index in [9.17, 15) is 9.59 Å². The summed E-state index contributed by atoms with van der Waals surface area (Å²) < 4.78 is 0. The van der Waals surface area contributed by atoms with E-state index in [-0.39, 0.29) is 35.5 Å². The predicted molar refractivity (Wildman–Crippen MR) is 110 cm³/mol. The molecule has 0 unspecified atom stereocenters. The average Bonchev–Trinajstić information content (AvgIpc) is 2.58. The zero-order valence-electron chi connectivity index (χ0n) is 17.4. The Bertz CT molecular complexity index is 372. The maximum Gasteiger partial charge on any atom is 0.325 e. The van der Waals surface area contributed by atoms with Gasteiger partial charge in [0.15, 0.2) is 0 Å². The Balaban J connectivity index is 0. The Kier molecular flexibility index (Phi) is 22.5. The molecule has 0 bridgehead atoms. The second-order valence-corrected chi connectivity index (χ2v) is 6.96. The van der Waals surface area contributed by atoms with Crippen LogP contribution in [0.1, 0.15) is 104 Å². The Labute approximate surface area is 182 Å². The van der Waals surface area contributed by atoms with E-state index in [4.69, 9.17) is 5.11 Å². The Hall–Kier alpha value is -0.320. The van der Waals surface area contributed by atoms with Gasteiger partial charge in [0.2, 0.25) is 5.91 Å². The van der Waals surface area contributed by atoms with Crippen LogP contribution in [0.5, 0.6) is 0 Å². The van der Waals surface area contributed by atoms with E-state index < -0.39 is 12.0 Å². The van der Waals surface area contributed by atoms with Crippen molar-refractivity contribution in [2.45, 2.75) is 110 Å². The smallest absolute Gasteiger partial charge is 0.325 e. The molecular formula is C21H39NNaO3. The van der Waals surface area contributed by atoms with Gasteiger partial charge in [0.05, 0.1) is 0 Å². The van der Waals surface area contributed by atoms with Crippen molar-refractivity contribution in [3.63, 3.8) is 0 Å². The molecule has 0 aromatic heterocycles. The summed E-state index contributed by atoms with van der Waals surface area (Å²) in [6, 6.07) is -0.796. The third kappa shape index (κ3) is 20.0. The number of carboxylic acids is 1. The molecule has 1 radical (unpaired) electrons. The molecular weight excluding hydrogens is 337 g/mol. The van der Waals surface area contributed by atoms with Gasteiger partial charge in [0, 0.05) is 36.0 Å². The van der Waals surface area contributed by atoms with Gasteiger partial charge >= 0.3 is 5.97 Å². The summed E-state index contributed by atoms with van der Waals surface area (Å²) in [5, 5.41) is 11.2. The van der Waals surface area contributed by atoms with Crippen molar-refractivity contribution in [2.24, 2.45) is 0 Å². The van der Waals surface area contributed by atoms with Crippen LogP contribution in [0.15, 0.2) is 12.2 Å². The normalized spacial score (nSPS) is 11.9. The standard InChI is InChI=1S/C21H39NO3.Na/c1-3-4-5-6-7-8-9-10-11-12-13-14-15-16-17-18-20(23)22-19(2)21(24)25;/h10-11,19H,3-9,12-18H2,1-2H3,(H,22,23)(H,24,25);/t19-;/m0./s1. The van der Waals surface area contributed by atoms with E-state index in [1.807, 2.05) is 0 Å². The summed E-state index contributed by atoms with van der Waals surface area (Å²) in [6.45, 7) is 3.74. The van der Waals surface area contributed by atoms with Crippen molar-refractivity contribution in [2.75, 3.05) is 0 Å². The number of hydrogen-bond donors (Lipinski definition) is 2. The minimum atomic E-state index is -0.988. The number of carbonyl (C=O) groups excluding carboxylic acids is 1. The molecule has 1 amide bonds. The van der Waals surface area contributed by atoms with Crippen molar-refractivity contribution in [3.8, 4) is 0 Å². The molecule has 0 aromatic carbocycles. The van der Waals surface area contributed by atoms with Crippen molar-refractivity contribution in [1.82, 2.24) is 5.32 Å². The van der Waals surface area contributed by atoms with Gasteiger partial charge in [-0.15, -0.1) is 0 Å². The minimum absolute atomic E-state index is 0. The molecule has 0 aliphatic carbocycles. The SMILES string of the molecule is CCCCCCCCC=CCCCCCCCC(=O)N[C@@H](C)C(=O)O.[Na]. The zero-order valence-corrected chi connectivity index (χ0v) is 19.4. The van der Waals surface area contributed by atoms with Crippen LogP contribution in [0, 0.1) is 0 Å². The van der Waals surface area contributed by atoms with Gasteiger partial charge in [-0.2, -0.15) is 0 Å². The fraction of sp³-hybridized carbons (Fsp3) is 0.810. The average molecular weight is 377 g/mol. The maximum absolute atomic E-state index is 11.5. The fourth-order valence-electron chi connectivity index (χ4n) is 2.73. The molecule has 147 valence electrons. The second kappa shape index (κ2) is 21.0. The third-order valence-corrected chi connectivity index (χ3v) is 4.41. The number of aliphatic carboxylic acids is 1. The fourth-order valence-corrected chi connectivity index (χ4v) is 2.73. The molecule has 0 aliphatic heterocycles. The second-order valence-electron chi connectivity index (χ2n) is 6.96. The van der Waals surface area contributed by atoms with Gasteiger partial charge in [0.1, 0.15) is 6.04 Å². The van der Waals surface area contributed by atoms with Gasteiger partial charge in [-0.1, -0.05) is 70.4 Å². The molecule has 0 aliphatic rings. The van der Waals surface area contributed by atoms with Crippen LogP contribution in [0.4, 0.5) is 0 Å². The van der Waals surface area contributed by atoms with Crippen molar-refractivity contribution < 1.29 is 14.7 Å². The van der Waals surface area contributed by atoms with E-state index in [2.05, 4.69) is 24.4 Å². The molecule has 1 atom stereocenters. The Morgan fingerprint density at radius 1 is 0.846 bits per heavy atom. The summed E-state index contributed by atoms with van der Waals surface area (Å²) in [4.78, 5) is 22.1. The van der Waals surface area contributed by atoms with Crippen LogP contribution in [0.2, 0.25) is 0 Å². The summed E-state index contributed by atoms with van der Waals surface area (Å²) >= 11 is 0. The maximum atomic E-state index is 11.5. The van der Waals surface area contributed by atoms with Gasteiger partial charge in [0.25, 0.3) is 0 Å². The van der Waals surface area contributed by atoms with Gasteiger partial charge in [-0.3, -0.25) is 9.59 Å². The van der Waals surface area contributed by atoms with Crippen LogP contribution < -0.4 is 5.32 Å². The van der Waals surface area contributed by atoms with Crippen molar-refractivity contribution in [3.05, 3.63) is 12.2 Å². The van der Waals surface area contributed by atoms with Crippen molar-refractivity contribution >= 4 is 41.4 Å². The predicted octanol–water partition coefficient (Wildman–Crippen LogP) is 5.23. The molecule has 0 saturated carbocycles. The number of hydrogen-bond acceptors (Lipinski definition) is 2. The molecule has 0 rings (SSSR count). The Morgan fingerprint density at radius 2 is 1.31 bits per heavy atom. The summed E-state index contributed by atoms with van der Waals surface area (Å²) in [6.07, 6.45) is 21.0. The number of nitrogens with one attached hydrogen (secondary N) is 1. The van der Waals surface area contributed by atoms with E-state index in [0.717, 1.165) is 25.7 Å². The van der Waals surface area contributed by atoms with Gasteiger partial charge in [-0.25, -0.2) is 0 Å². The van der Waals surface area contributed by atoms with Crippen molar-refractivity contribution in [1.29, 1.82) is 0 Å². The first kappa shape index (κ1) is 27.9. The van der Waals surface area contributed by atoms with Crippen LogP contribution >= 0.6 is 0 Å². The minimum Gasteiger partial charge on any atom is -0.480 e. The van der Waals surface area contributed by atoms with Gasteiger partial charge < -0.3 is 10.4 Å². The number of unbranched alkanes of at least 4 members (excludes halogenated alkanes) is 11. The summed E-state index contributed by atoms with van der Waals surface area (Å²) in [5.74, 6) is -1.15. The Morgan fingerprint density at radius 3 is 1.81 bits per heavy atom. The number of carbonyl (C=O) groups is 2. The molecule has 2 N–H and O–H groups in total. The summed E-state index contributed by atoms with van der Waals surface area (Å²) in [5.41, 5.74) is 0. The largest absolute Gasteiger partial charge is 0.480 e. The van der Waals surface area contributed by atoms with Crippen LogP contribution in [0.25, 0.3) is 0 Å². The number of carboxylic acid groups (broad SMARTS) is 1. The zero-order chi connectivity index (χ0) is 18.8. The molecule has 0 saturated heterocycles. The number of rotatable bonds is 17. The molecule has 0 heterocycles. The van der Waals surface area contributed by atoms with E-state index in [1.54, 1.807) is 0 Å². The number of amides is 1. The first-order valence-electron chi connectivity index (χ1n) is 10.2. The van der Waals surface area contributed by atoms with E-state index >= 15 is 0 Å². The molecule has 0 fully saturated rings. The molecule has 26 heavy (non-hydrogen) atoms. The topological polar surface area (TPSA) is 66.4 Å². The van der Waals surface area contributed by atoms with Crippen LogP contribution in [-0.2, 0) is 9.59 Å². The molecule has 4 nitrogen and oxygen atoms in total.